The van der Waals surface area contributed by atoms with Crippen molar-refractivity contribution in [1.82, 2.24) is 14.1 Å². The molecule has 7 heteroatoms. The molecule has 0 bridgehead atoms. The van der Waals surface area contributed by atoms with Crippen LogP contribution < -0.4 is 0 Å². The fourth-order valence-corrected chi connectivity index (χ4v) is 4.41. The van der Waals surface area contributed by atoms with Crippen molar-refractivity contribution in [2.24, 2.45) is 0 Å². The zero-order chi connectivity index (χ0) is 15.7. The Morgan fingerprint density at radius 2 is 2.18 bits per heavy atom. The minimum absolute atomic E-state index is 0.0237. The molecule has 0 unspecified atom stereocenters. The van der Waals surface area contributed by atoms with Gasteiger partial charge in [0, 0.05) is 32.6 Å². The van der Waals surface area contributed by atoms with E-state index in [9.17, 15) is 8.42 Å². The number of rotatable bonds is 4. The fourth-order valence-electron chi connectivity index (χ4n) is 2.68. The van der Waals surface area contributed by atoms with E-state index < -0.39 is 10.0 Å². The standard InChI is InChI=1S/C15H19N3O3S/c1-12-4-5-13(18-8-3-7-16-18)10-15(12)22(19,20)17-9-6-14(11-17)21-2/h3-5,7-8,10,14H,6,9,11H2,1-2H3/t14-/m1/s1. The number of sulfonamides is 1. The molecular weight excluding hydrogens is 302 g/mol. The molecule has 1 aliphatic rings. The van der Waals surface area contributed by atoms with Gasteiger partial charge in [-0.3, -0.25) is 0 Å². The molecule has 0 saturated carbocycles. The molecule has 1 aromatic heterocycles. The molecule has 0 N–H and O–H groups in total. The van der Waals surface area contributed by atoms with Gasteiger partial charge in [0.15, 0.2) is 0 Å². The summed E-state index contributed by atoms with van der Waals surface area (Å²) in [6.07, 6.45) is 4.16. The van der Waals surface area contributed by atoms with Gasteiger partial charge in [-0.25, -0.2) is 13.1 Å². The average Bonchev–Trinajstić information content (AvgIpc) is 3.19. The molecule has 118 valence electrons. The Morgan fingerprint density at radius 1 is 1.36 bits per heavy atom. The summed E-state index contributed by atoms with van der Waals surface area (Å²) in [6.45, 7) is 2.71. The molecule has 3 rings (SSSR count). The highest BCUT2D eigenvalue weighted by atomic mass is 32.2. The first kappa shape index (κ1) is 15.2. The maximum Gasteiger partial charge on any atom is 0.243 e. The van der Waals surface area contributed by atoms with Crippen LogP contribution in [0.3, 0.4) is 0 Å². The third kappa shape index (κ3) is 2.67. The summed E-state index contributed by atoms with van der Waals surface area (Å²) in [4.78, 5) is 0.331. The molecule has 22 heavy (non-hydrogen) atoms. The van der Waals surface area contributed by atoms with Gasteiger partial charge in [0.25, 0.3) is 0 Å². The lowest BCUT2D eigenvalue weighted by molar-refractivity contribution is 0.115. The van der Waals surface area contributed by atoms with Crippen molar-refractivity contribution in [1.29, 1.82) is 0 Å². The molecule has 0 spiro atoms. The number of benzene rings is 1. The summed E-state index contributed by atoms with van der Waals surface area (Å²) < 4.78 is 34.2. The molecule has 1 aromatic carbocycles. The zero-order valence-electron chi connectivity index (χ0n) is 12.6. The second-order valence-electron chi connectivity index (χ2n) is 5.41. The molecule has 6 nitrogen and oxygen atoms in total. The molecule has 0 amide bonds. The third-order valence-corrected chi connectivity index (χ3v) is 6.01. The lowest BCUT2D eigenvalue weighted by atomic mass is 10.2. The molecule has 0 aliphatic carbocycles. The number of aryl methyl sites for hydroxylation is 1. The first-order valence-corrected chi connectivity index (χ1v) is 8.60. The van der Waals surface area contributed by atoms with Crippen LogP contribution in [-0.4, -0.2) is 48.8 Å². The monoisotopic (exact) mass is 321 g/mol. The summed E-state index contributed by atoms with van der Waals surface area (Å²) >= 11 is 0. The van der Waals surface area contributed by atoms with E-state index in [1.165, 1.54) is 4.31 Å². The van der Waals surface area contributed by atoms with Gasteiger partial charge in [0.05, 0.1) is 16.7 Å². The number of aromatic nitrogens is 2. The Balaban J connectivity index is 1.98. The third-order valence-electron chi connectivity index (χ3n) is 4.00. The second kappa shape index (κ2) is 5.83. The maximum absolute atomic E-state index is 12.9. The number of nitrogens with zero attached hydrogens (tertiary/aromatic N) is 3. The Morgan fingerprint density at radius 3 is 2.82 bits per heavy atom. The van der Waals surface area contributed by atoms with Crippen LogP contribution in [0.25, 0.3) is 5.69 Å². The van der Waals surface area contributed by atoms with E-state index in [2.05, 4.69) is 5.10 Å². The lowest BCUT2D eigenvalue weighted by Crippen LogP contribution is -2.30. The largest absolute Gasteiger partial charge is 0.380 e. The van der Waals surface area contributed by atoms with Gasteiger partial charge >= 0.3 is 0 Å². The fraction of sp³-hybridized carbons (Fsp3) is 0.400. The number of hydrogen-bond acceptors (Lipinski definition) is 4. The topological polar surface area (TPSA) is 64.4 Å². The van der Waals surface area contributed by atoms with E-state index in [1.54, 1.807) is 36.3 Å². The van der Waals surface area contributed by atoms with E-state index in [0.717, 1.165) is 17.7 Å². The summed E-state index contributed by atoms with van der Waals surface area (Å²) in [6, 6.07) is 7.16. The summed E-state index contributed by atoms with van der Waals surface area (Å²) in [7, 11) is -1.90. The van der Waals surface area contributed by atoms with Crippen molar-refractivity contribution < 1.29 is 13.2 Å². The van der Waals surface area contributed by atoms with Crippen LogP contribution in [0.4, 0.5) is 0 Å². The van der Waals surface area contributed by atoms with Gasteiger partial charge in [0.2, 0.25) is 10.0 Å². The molecule has 0 radical (unpaired) electrons. The molecule has 1 aliphatic heterocycles. The van der Waals surface area contributed by atoms with Crippen LogP contribution in [0.5, 0.6) is 0 Å². The van der Waals surface area contributed by atoms with Crippen LogP contribution in [0, 0.1) is 6.92 Å². The van der Waals surface area contributed by atoms with Gasteiger partial charge in [0.1, 0.15) is 0 Å². The number of methoxy groups -OCH3 is 1. The number of hydrogen-bond donors (Lipinski definition) is 0. The van der Waals surface area contributed by atoms with Gasteiger partial charge in [-0.2, -0.15) is 9.40 Å². The molecule has 1 atom stereocenters. The van der Waals surface area contributed by atoms with E-state index in [-0.39, 0.29) is 6.10 Å². The van der Waals surface area contributed by atoms with Crippen molar-refractivity contribution in [2.45, 2.75) is 24.3 Å². The summed E-state index contributed by atoms with van der Waals surface area (Å²) in [5.41, 5.74) is 1.47. The SMILES string of the molecule is CO[C@@H]1CCN(S(=O)(=O)c2cc(-n3cccn3)ccc2C)C1. The summed E-state index contributed by atoms with van der Waals surface area (Å²) in [5.74, 6) is 0. The Labute approximate surface area is 130 Å². The molecule has 1 saturated heterocycles. The Hall–Kier alpha value is -1.70. The van der Waals surface area contributed by atoms with Crippen molar-refractivity contribution in [3.8, 4) is 5.69 Å². The Kier molecular flexibility index (Phi) is 4.03. The first-order valence-electron chi connectivity index (χ1n) is 7.16. The van der Waals surface area contributed by atoms with Crippen LogP contribution in [0.2, 0.25) is 0 Å². The van der Waals surface area contributed by atoms with Gasteiger partial charge in [-0.1, -0.05) is 6.07 Å². The highest BCUT2D eigenvalue weighted by molar-refractivity contribution is 7.89. The van der Waals surface area contributed by atoms with Gasteiger partial charge in [-0.15, -0.1) is 0 Å². The molecule has 2 aromatic rings. The normalized spacial score (nSPS) is 19.6. The van der Waals surface area contributed by atoms with Crippen LogP contribution in [0.1, 0.15) is 12.0 Å². The van der Waals surface area contributed by atoms with Crippen molar-refractivity contribution in [2.75, 3.05) is 20.2 Å². The lowest BCUT2D eigenvalue weighted by Gasteiger charge is -2.18. The van der Waals surface area contributed by atoms with Crippen molar-refractivity contribution in [3.05, 3.63) is 42.2 Å². The van der Waals surface area contributed by atoms with Gasteiger partial charge < -0.3 is 4.74 Å². The minimum atomic E-state index is -3.51. The van der Waals surface area contributed by atoms with Crippen molar-refractivity contribution >= 4 is 10.0 Å². The number of ether oxygens (including phenoxy) is 1. The Bertz CT molecular complexity index is 756. The van der Waals surface area contributed by atoms with Crippen LogP contribution in [0.15, 0.2) is 41.6 Å². The highest BCUT2D eigenvalue weighted by Gasteiger charge is 2.33. The summed E-state index contributed by atoms with van der Waals surface area (Å²) in [5, 5.41) is 4.15. The van der Waals surface area contributed by atoms with E-state index >= 15 is 0 Å². The van der Waals surface area contributed by atoms with Gasteiger partial charge in [-0.05, 0) is 37.1 Å². The highest BCUT2D eigenvalue weighted by Crippen LogP contribution is 2.26. The smallest absolute Gasteiger partial charge is 0.243 e. The van der Waals surface area contributed by atoms with Crippen LogP contribution >= 0.6 is 0 Å². The van der Waals surface area contributed by atoms with E-state index in [4.69, 9.17) is 4.74 Å². The molecular formula is C15H19N3O3S. The molecule has 2 heterocycles. The zero-order valence-corrected chi connectivity index (χ0v) is 13.5. The molecule has 1 fully saturated rings. The van der Waals surface area contributed by atoms with Crippen molar-refractivity contribution in [3.63, 3.8) is 0 Å². The van der Waals surface area contributed by atoms with Crippen LogP contribution in [-0.2, 0) is 14.8 Å². The maximum atomic E-state index is 12.9. The average molecular weight is 321 g/mol. The predicted octanol–water partition coefficient (Wildman–Crippen LogP) is 1.59. The van der Waals surface area contributed by atoms with E-state index in [1.807, 2.05) is 19.1 Å². The predicted molar refractivity (Wildman–Crippen MR) is 82.5 cm³/mol. The van der Waals surface area contributed by atoms with E-state index in [0.29, 0.717) is 18.0 Å². The minimum Gasteiger partial charge on any atom is -0.380 e. The first-order chi connectivity index (χ1) is 10.5. The second-order valence-corrected chi connectivity index (χ2v) is 7.32. The quantitative estimate of drug-likeness (QED) is 0.858.